The van der Waals surface area contributed by atoms with E-state index in [1.54, 1.807) is 30.3 Å². The number of carbonyl (C=O) groups excluding carboxylic acids is 1. The molecule has 0 saturated heterocycles. The van der Waals surface area contributed by atoms with Crippen LogP contribution in [0.2, 0.25) is 5.02 Å². The molecule has 0 saturated carbocycles. The lowest BCUT2D eigenvalue weighted by Crippen LogP contribution is -2.23. The van der Waals surface area contributed by atoms with Crippen molar-refractivity contribution in [2.75, 3.05) is 19.7 Å². The molecule has 0 aliphatic heterocycles. The van der Waals surface area contributed by atoms with Crippen molar-refractivity contribution in [1.82, 2.24) is 5.32 Å². The quantitative estimate of drug-likeness (QED) is 0.260. The van der Waals surface area contributed by atoms with E-state index in [0.717, 1.165) is 30.5 Å². The maximum absolute atomic E-state index is 12.2. The fourth-order valence-corrected chi connectivity index (χ4v) is 3.29. The minimum atomic E-state index is -0.614. The van der Waals surface area contributed by atoms with Crippen molar-refractivity contribution >= 4 is 17.6 Å². The fraction of sp³-hybridized carbons (Fsp3) is 0.240. The molecule has 0 bridgehead atoms. The van der Waals surface area contributed by atoms with Crippen LogP contribution in [-0.4, -0.2) is 30.8 Å². The molecule has 0 heterocycles. The summed E-state index contributed by atoms with van der Waals surface area (Å²) >= 11 is 5.97. The molecule has 0 aromatic heterocycles. The first kappa shape index (κ1) is 22.8. The second-order valence-corrected chi connectivity index (χ2v) is 7.50. The SMILES string of the molecule is O=C(COc1ccccc1)Oc1ccccc1CCCNCC(O)c1cccc(Cl)c1. The average Bonchev–Trinajstić information content (AvgIpc) is 2.79. The molecule has 1 unspecified atom stereocenters. The van der Waals surface area contributed by atoms with E-state index in [-0.39, 0.29) is 6.61 Å². The van der Waals surface area contributed by atoms with E-state index >= 15 is 0 Å². The first-order valence-electron chi connectivity index (χ1n) is 10.2. The molecule has 0 radical (unpaired) electrons. The van der Waals surface area contributed by atoms with Gasteiger partial charge in [0, 0.05) is 11.6 Å². The second kappa shape index (κ2) is 12.1. The van der Waals surface area contributed by atoms with E-state index in [1.807, 2.05) is 48.5 Å². The largest absolute Gasteiger partial charge is 0.482 e. The molecule has 6 heteroatoms. The number of carbonyl (C=O) groups is 1. The molecule has 0 spiro atoms. The van der Waals surface area contributed by atoms with Gasteiger partial charge in [-0.3, -0.25) is 0 Å². The maximum atomic E-state index is 12.2. The second-order valence-electron chi connectivity index (χ2n) is 7.06. The Balaban J connectivity index is 1.41. The highest BCUT2D eigenvalue weighted by Gasteiger charge is 2.11. The van der Waals surface area contributed by atoms with Crippen LogP contribution in [0, 0.1) is 0 Å². The first-order valence-corrected chi connectivity index (χ1v) is 10.6. The van der Waals surface area contributed by atoms with Gasteiger partial charge >= 0.3 is 5.97 Å². The Morgan fingerprint density at radius 3 is 2.58 bits per heavy atom. The number of para-hydroxylation sites is 2. The van der Waals surface area contributed by atoms with Crippen LogP contribution >= 0.6 is 11.6 Å². The van der Waals surface area contributed by atoms with Crippen molar-refractivity contribution in [3.8, 4) is 11.5 Å². The molecule has 162 valence electrons. The third-order valence-electron chi connectivity index (χ3n) is 4.67. The van der Waals surface area contributed by atoms with Crippen LogP contribution < -0.4 is 14.8 Å². The van der Waals surface area contributed by atoms with Crippen LogP contribution in [0.5, 0.6) is 11.5 Å². The zero-order valence-corrected chi connectivity index (χ0v) is 17.9. The molecule has 1 atom stereocenters. The first-order chi connectivity index (χ1) is 15.1. The Morgan fingerprint density at radius 2 is 1.77 bits per heavy atom. The molecule has 0 aliphatic rings. The summed E-state index contributed by atoms with van der Waals surface area (Å²) in [5.41, 5.74) is 1.74. The molecule has 3 aromatic carbocycles. The Kier molecular flexibility index (Phi) is 8.91. The van der Waals surface area contributed by atoms with Gasteiger partial charge < -0.3 is 19.9 Å². The van der Waals surface area contributed by atoms with Crippen LogP contribution in [0.4, 0.5) is 0 Å². The number of hydrogen-bond donors (Lipinski definition) is 2. The number of aliphatic hydroxyl groups is 1. The molecular formula is C25H26ClNO4. The summed E-state index contributed by atoms with van der Waals surface area (Å²) in [6, 6.07) is 23.9. The van der Waals surface area contributed by atoms with Crippen molar-refractivity contribution in [1.29, 1.82) is 0 Å². The summed E-state index contributed by atoms with van der Waals surface area (Å²) in [5, 5.41) is 14.1. The number of hydrogen-bond acceptors (Lipinski definition) is 5. The van der Waals surface area contributed by atoms with Gasteiger partial charge in [-0.25, -0.2) is 4.79 Å². The molecule has 3 rings (SSSR count). The van der Waals surface area contributed by atoms with Gasteiger partial charge in [-0.2, -0.15) is 0 Å². The minimum Gasteiger partial charge on any atom is -0.482 e. The van der Waals surface area contributed by atoms with E-state index in [4.69, 9.17) is 21.1 Å². The summed E-state index contributed by atoms with van der Waals surface area (Å²) in [4.78, 5) is 12.2. The summed E-state index contributed by atoms with van der Waals surface area (Å²) in [7, 11) is 0. The Hall–Kier alpha value is -2.86. The van der Waals surface area contributed by atoms with Crippen LogP contribution in [0.1, 0.15) is 23.7 Å². The zero-order chi connectivity index (χ0) is 21.9. The van der Waals surface area contributed by atoms with Gasteiger partial charge in [0.15, 0.2) is 6.61 Å². The summed E-state index contributed by atoms with van der Waals surface area (Å²) in [6.45, 7) is 1.01. The number of ether oxygens (including phenoxy) is 2. The molecule has 31 heavy (non-hydrogen) atoms. The lowest BCUT2D eigenvalue weighted by Gasteiger charge is -2.13. The lowest BCUT2D eigenvalue weighted by atomic mass is 10.1. The van der Waals surface area contributed by atoms with Crippen molar-refractivity contribution in [2.24, 2.45) is 0 Å². The van der Waals surface area contributed by atoms with Crippen molar-refractivity contribution < 1.29 is 19.4 Å². The fourth-order valence-electron chi connectivity index (χ4n) is 3.10. The lowest BCUT2D eigenvalue weighted by molar-refractivity contribution is -0.136. The summed E-state index contributed by atoms with van der Waals surface area (Å²) in [6.07, 6.45) is 0.956. The standard InChI is InChI=1S/C25H26ClNO4/c26-21-11-6-9-20(16-21)23(28)17-27-15-7-10-19-8-4-5-14-24(19)31-25(29)18-30-22-12-2-1-3-13-22/h1-6,8-9,11-14,16,23,27-28H,7,10,15,17-18H2. The van der Waals surface area contributed by atoms with Gasteiger partial charge in [0.2, 0.25) is 0 Å². The number of benzene rings is 3. The number of rotatable bonds is 11. The highest BCUT2D eigenvalue weighted by atomic mass is 35.5. The van der Waals surface area contributed by atoms with E-state index in [9.17, 15) is 9.90 Å². The predicted octanol–water partition coefficient (Wildman–Crippen LogP) is 4.58. The number of aliphatic hydroxyl groups excluding tert-OH is 1. The van der Waals surface area contributed by atoms with Gasteiger partial charge in [-0.15, -0.1) is 0 Å². The number of aryl methyl sites for hydroxylation is 1. The smallest absolute Gasteiger partial charge is 0.349 e. The Labute approximate surface area is 187 Å². The van der Waals surface area contributed by atoms with Crippen molar-refractivity contribution in [2.45, 2.75) is 18.9 Å². The topological polar surface area (TPSA) is 67.8 Å². The van der Waals surface area contributed by atoms with Crippen molar-refractivity contribution in [3.05, 3.63) is 95.0 Å². The minimum absolute atomic E-state index is 0.151. The van der Waals surface area contributed by atoms with Crippen LogP contribution in [0.3, 0.4) is 0 Å². The van der Waals surface area contributed by atoms with E-state index in [0.29, 0.717) is 23.1 Å². The predicted molar refractivity (Wildman–Crippen MR) is 122 cm³/mol. The maximum Gasteiger partial charge on any atom is 0.349 e. The Morgan fingerprint density at radius 1 is 1.00 bits per heavy atom. The highest BCUT2D eigenvalue weighted by Crippen LogP contribution is 2.20. The van der Waals surface area contributed by atoms with Crippen LogP contribution in [0.15, 0.2) is 78.9 Å². The zero-order valence-electron chi connectivity index (χ0n) is 17.2. The van der Waals surface area contributed by atoms with E-state index < -0.39 is 12.1 Å². The van der Waals surface area contributed by atoms with E-state index in [1.165, 1.54) is 0 Å². The number of halogens is 1. The molecule has 3 aromatic rings. The molecule has 0 aliphatic carbocycles. The number of nitrogens with one attached hydrogen (secondary N) is 1. The molecular weight excluding hydrogens is 414 g/mol. The molecule has 2 N–H and O–H groups in total. The number of esters is 1. The summed E-state index contributed by atoms with van der Waals surface area (Å²) < 4.78 is 10.9. The van der Waals surface area contributed by atoms with Gasteiger partial charge in [-0.1, -0.05) is 60.1 Å². The van der Waals surface area contributed by atoms with Crippen molar-refractivity contribution in [3.63, 3.8) is 0 Å². The van der Waals surface area contributed by atoms with Crippen LogP contribution in [-0.2, 0) is 11.2 Å². The molecule has 0 fully saturated rings. The van der Waals surface area contributed by atoms with Gasteiger partial charge in [-0.05, 0) is 60.8 Å². The summed E-state index contributed by atoms with van der Waals surface area (Å²) in [5.74, 6) is 0.723. The Bertz CT molecular complexity index is 965. The van der Waals surface area contributed by atoms with Gasteiger partial charge in [0.1, 0.15) is 11.5 Å². The normalized spacial score (nSPS) is 11.7. The molecule has 5 nitrogen and oxygen atoms in total. The third-order valence-corrected chi connectivity index (χ3v) is 4.90. The third kappa shape index (κ3) is 7.72. The van der Waals surface area contributed by atoms with Gasteiger partial charge in [0.25, 0.3) is 0 Å². The highest BCUT2D eigenvalue weighted by molar-refractivity contribution is 6.30. The molecule has 0 amide bonds. The van der Waals surface area contributed by atoms with E-state index in [2.05, 4.69) is 5.32 Å². The van der Waals surface area contributed by atoms with Gasteiger partial charge in [0.05, 0.1) is 6.10 Å². The monoisotopic (exact) mass is 439 g/mol. The van der Waals surface area contributed by atoms with Crippen LogP contribution in [0.25, 0.3) is 0 Å². The average molecular weight is 440 g/mol.